The molecule has 3 rings (SSSR count). The molecule has 2 aliphatic heterocycles. The number of nitrogens with one attached hydrogen (secondary N) is 2. The average molecular weight is 285 g/mol. The lowest BCUT2D eigenvalue weighted by Crippen LogP contribution is -2.52. The van der Waals surface area contributed by atoms with Crippen LogP contribution in [0.1, 0.15) is 11.6 Å². The summed E-state index contributed by atoms with van der Waals surface area (Å²) < 4.78 is 10.8. The van der Waals surface area contributed by atoms with Crippen LogP contribution < -0.4 is 15.4 Å². The van der Waals surface area contributed by atoms with Crippen molar-refractivity contribution in [3.8, 4) is 5.75 Å². The molecular formula is C13H17ClN2O3. The van der Waals surface area contributed by atoms with Gasteiger partial charge in [0.2, 0.25) is 5.91 Å². The number of rotatable bonds is 2. The smallest absolute Gasteiger partial charge is 0.240 e. The van der Waals surface area contributed by atoms with Gasteiger partial charge >= 0.3 is 0 Å². The number of fused-ring (bicyclic) bond motifs is 1. The van der Waals surface area contributed by atoms with Gasteiger partial charge in [-0.2, -0.15) is 0 Å². The fourth-order valence-electron chi connectivity index (χ4n) is 2.29. The van der Waals surface area contributed by atoms with Crippen molar-refractivity contribution in [1.82, 2.24) is 10.6 Å². The second-order valence-electron chi connectivity index (χ2n) is 4.49. The van der Waals surface area contributed by atoms with E-state index in [1.165, 1.54) is 0 Å². The number of benzene rings is 1. The minimum absolute atomic E-state index is 0. The van der Waals surface area contributed by atoms with Crippen LogP contribution in [0.15, 0.2) is 24.3 Å². The zero-order valence-electron chi connectivity index (χ0n) is 10.4. The molecule has 1 aromatic carbocycles. The largest absolute Gasteiger partial charge is 0.491 e. The zero-order valence-corrected chi connectivity index (χ0v) is 11.2. The maximum Gasteiger partial charge on any atom is 0.240 e. The van der Waals surface area contributed by atoms with Gasteiger partial charge in [0.15, 0.2) is 0 Å². The summed E-state index contributed by atoms with van der Waals surface area (Å²) >= 11 is 0. The van der Waals surface area contributed by atoms with Gasteiger partial charge in [-0.3, -0.25) is 4.79 Å². The topological polar surface area (TPSA) is 59.6 Å². The van der Waals surface area contributed by atoms with Gasteiger partial charge in [0.1, 0.15) is 18.4 Å². The lowest BCUT2D eigenvalue weighted by Gasteiger charge is -2.24. The molecule has 0 bridgehead atoms. The number of carbonyl (C=O) groups excluding carboxylic acids is 1. The van der Waals surface area contributed by atoms with Gasteiger partial charge in [0.25, 0.3) is 0 Å². The molecule has 0 saturated carbocycles. The Balaban J connectivity index is 0.00000133. The number of para-hydroxylation sites is 1. The highest BCUT2D eigenvalue weighted by molar-refractivity contribution is 5.85. The molecule has 5 nitrogen and oxygen atoms in total. The molecule has 1 saturated heterocycles. The first-order chi connectivity index (χ1) is 8.84. The van der Waals surface area contributed by atoms with Crippen molar-refractivity contribution in [2.24, 2.45) is 0 Å². The van der Waals surface area contributed by atoms with E-state index in [-0.39, 0.29) is 30.4 Å². The summed E-state index contributed by atoms with van der Waals surface area (Å²) in [6, 6.07) is 7.47. The zero-order chi connectivity index (χ0) is 12.4. The predicted octanol–water partition coefficient (Wildman–Crippen LogP) is 0.646. The second kappa shape index (κ2) is 6.23. The maximum atomic E-state index is 12.1. The number of amides is 1. The lowest BCUT2D eigenvalue weighted by molar-refractivity contribution is -0.126. The Bertz CT molecular complexity index is 449. The summed E-state index contributed by atoms with van der Waals surface area (Å²) in [5.74, 6) is 0.829. The molecule has 1 fully saturated rings. The number of hydrogen-bond acceptors (Lipinski definition) is 4. The molecular weight excluding hydrogens is 268 g/mol. The SMILES string of the molecule is Cl.O=C(NC1COc2ccccc21)C1COCCN1. The Labute approximate surface area is 118 Å². The first-order valence-electron chi connectivity index (χ1n) is 6.18. The van der Waals surface area contributed by atoms with Crippen LogP contribution in [0.3, 0.4) is 0 Å². The lowest BCUT2D eigenvalue weighted by atomic mass is 10.1. The number of morpholine rings is 1. The molecule has 1 amide bonds. The van der Waals surface area contributed by atoms with E-state index in [1.54, 1.807) is 0 Å². The normalized spacial score (nSPS) is 24.8. The Morgan fingerprint density at radius 1 is 1.32 bits per heavy atom. The van der Waals surface area contributed by atoms with Crippen LogP contribution in [0, 0.1) is 0 Å². The summed E-state index contributed by atoms with van der Waals surface area (Å²) in [4.78, 5) is 12.1. The molecule has 6 heteroatoms. The second-order valence-corrected chi connectivity index (χ2v) is 4.49. The maximum absolute atomic E-state index is 12.1. The van der Waals surface area contributed by atoms with E-state index in [9.17, 15) is 4.79 Å². The molecule has 2 N–H and O–H groups in total. The standard InChI is InChI=1S/C13H16N2O3.ClH/c16-13(11-7-17-6-5-14-11)15-10-8-18-12-4-2-1-3-9(10)12;/h1-4,10-11,14H,5-8H2,(H,15,16);1H. The van der Waals surface area contributed by atoms with Crippen molar-refractivity contribution in [1.29, 1.82) is 0 Å². The predicted molar refractivity (Wildman–Crippen MR) is 72.7 cm³/mol. The van der Waals surface area contributed by atoms with E-state index in [4.69, 9.17) is 9.47 Å². The number of carbonyl (C=O) groups is 1. The third-order valence-corrected chi connectivity index (χ3v) is 3.25. The van der Waals surface area contributed by atoms with Crippen molar-refractivity contribution in [3.63, 3.8) is 0 Å². The highest BCUT2D eigenvalue weighted by Gasteiger charge is 2.28. The highest BCUT2D eigenvalue weighted by Crippen LogP contribution is 2.31. The van der Waals surface area contributed by atoms with Gasteiger partial charge in [0, 0.05) is 12.1 Å². The summed E-state index contributed by atoms with van der Waals surface area (Å²) in [5, 5.41) is 6.14. The van der Waals surface area contributed by atoms with E-state index in [1.807, 2.05) is 24.3 Å². The molecule has 2 atom stereocenters. The van der Waals surface area contributed by atoms with Gasteiger partial charge in [-0.15, -0.1) is 12.4 Å². The Kier molecular flexibility index (Phi) is 4.63. The Morgan fingerprint density at radius 2 is 2.16 bits per heavy atom. The van der Waals surface area contributed by atoms with Gasteiger partial charge in [0.05, 0.1) is 19.3 Å². The number of hydrogen-bond donors (Lipinski definition) is 2. The van der Waals surface area contributed by atoms with Crippen LogP contribution in [-0.2, 0) is 9.53 Å². The Hall–Kier alpha value is -1.30. The van der Waals surface area contributed by atoms with Crippen molar-refractivity contribution in [2.75, 3.05) is 26.4 Å². The van der Waals surface area contributed by atoms with Crippen LogP contribution in [0.4, 0.5) is 0 Å². The number of ether oxygens (including phenoxy) is 2. The quantitative estimate of drug-likeness (QED) is 0.837. The van der Waals surface area contributed by atoms with Gasteiger partial charge in [-0.25, -0.2) is 0 Å². The van der Waals surface area contributed by atoms with E-state index < -0.39 is 0 Å². The summed E-state index contributed by atoms with van der Waals surface area (Å²) in [7, 11) is 0. The molecule has 2 heterocycles. The van der Waals surface area contributed by atoms with Gasteiger partial charge < -0.3 is 20.1 Å². The fraction of sp³-hybridized carbons (Fsp3) is 0.462. The minimum Gasteiger partial charge on any atom is -0.491 e. The molecule has 2 unspecified atom stereocenters. The van der Waals surface area contributed by atoms with Crippen LogP contribution >= 0.6 is 12.4 Å². The summed E-state index contributed by atoms with van der Waals surface area (Å²) in [6.45, 7) is 2.31. The summed E-state index contributed by atoms with van der Waals surface area (Å²) in [5.41, 5.74) is 1.04. The van der Waals surface area contributed by atoms with Crippen molar-refractivity contribution in [3.05, 3.63) is 29.8 Å². The van der Waals surface area contributed by atoms with Gasteiger partial charge in [-0.1, -0.05) is 18.2 Å². The highest BCUT2D eigenvalue weighted by atomic mass is 35.5. The molecule has 0 aromatic heterocycles. The molecule has 0 spiro atoms. The monoisotopic (exact) mass is 284 g/mol. The van der Waals surface area contributed by atoms with Crippen LogP contribution in [0.5, 0.6) is 5.75 Å². The number of halogens is 1. The van der Waals surface area contributed by atoms with Crippen LogP contribution in [0.2, 0.25) is 0 Å². The van der Waals surface area contributed by atoms with Crippen molar-refractivity contribution < 1.29 is 14.3 Å². The Morgan fingerprint density at radius 3 is 2.95 bits per heavy atom. The molecule has 104 valence electrons. The first-order valence-corrected chi connectivity index (χ1v) is 6.18. The van der Waals surface area contributed by atoms with E-state index >= 15 is 0 Å². The third kappa shape index (κ3) is 3.00. The molecule has 2 aliphatic rings. The first kappa shape index (κ1) is 14.1. The van der Waals surface area contributed by atoms with E-state index in [0.717, 1.165) is 17.9 Å². The minimum atomic E-state index is -0.258. The van der Waals surface area contributed by atoms with Gasteiger partial charge in [-0.05, 0) is 6.07 Å². The van der Waals surface area contributed by atoms with E-state index in [0.29, 0.717) is 19.8 Å². The van der Waals surface area contributed by atoms with Crippen molar-refractivity contribution >= 4 is 18.3 Å². The fourth-order valence-corrected chi connectivity index (χ4v) is 2.29. The molecule has 0 aliphatic carbocycles. The average Bonchev–Trinajstić information content (AvgIpc) is 2.83. The molecule has 1 aromatic rings. The van der Waals surface area contributed by atoms with Crippen molar-refractivity contribution in [2.45, 2.75) is 12.1 Å². The van der Waals surface area contributed by atoms with E-state index in [2.05, 4.69) is 10.6 Å². The summed E-state index contributed by atoms with van der Waals surface area (Å²) in [6.07, 6.45) is 0. The van der Waals surface area contributed by atoms with Crippen LogP contribution in [0.25, 0.3) is 0 Å². The third-order valence-electron chi connectivity index (χ3n) is 3.25. The van der Waals surface area contributed by atoms with Crippen LogP contribution in [-0.4, -0.2) is 38.3 Å². The molecule has 19 heavy (non-hydrogen) atoms. The molecule has 0 radical (unpaired) electrons.